The first-order chi connectivity index (χ1) is 10.7. The van der Waals surface area contributed by atoms with Gasteiger partial charge in [-0.25, -0.2) is 4.79 Å². The molecule has 1 aromatic rings. The lowest BCUT2D eigenvalue weighted by Crippen LogP contribution is -2.38. The Kier molecular flexibility index (Phi) is 5.89. The lowest BCUT2D eigenvalue weighted by Gasteiger charge is -2.31. The second kappa shape index (κ2) is 7.51. The molecule has 23 heavy (non-hydrogen) atoms. The molecule has 1 aromatic carbocycles. The Labute approximate surface area is 142 Å². The number of likely N-dealkylation sites (tertiary alicyclic amines) is 1. The third-order valence-corrected chi connectivity index (χ3v) is 3.97. The van der Waals surface area contributed by atoms with Crippen LogP contribution >= 0.6 is 11.6 Å². The van der Waals surface area contributed by atoms with Crippen molar-refractivity contribution in [2.45, 2.75) is 51.9 Å². The lowest BCUT2D eigenvalue weighted by molar-refractivity contribution is 0.0629. The van der Waals surface area contributed by atoms with Gasteiger partial charge >= 0.3 is 6.09 Å². The number of nitrogens with one attached hydrogen (secondary N) is 1. The summed E-state index contributed by atoms with van der Waals surface area (Å²) in [4.78, 5) is 14.2. The van der Waals surface area contributed by atoms with Crippen LogP contribution in [-0.4, -0.2) is 40.9 Å². The number of amides is 1. The zero-order valence-electron chi connectivity index (χ0n) is 13.9. The maximum Gasteiger partial charge on any atom is 0.412 e. The van der Waals surface area contributed by atoms with Crippen molar-refractivity contribution in [2.75, 3.05) is 18.4 Å². The Bertz CT molecular complexity index is 557. The number of β-amino-alcohol motifs (C(OH)–C–C–N with tert-alkyl or cyclic N) is 1. The molecule has 0 aromatic heterocycles. The second-order valence-electron chi connectivity index (χ2n) is 6.92. The lowest BCUT2D eigenvalue weighted by atomic mass is 10.1. The van der Waals surface area contributed by atoms with Crippen LogP contribution in [0.5, 0.6) is 0 Å². The van der Waals surface area contributed by atoms with Crippen LogP contribution in [0.25, 0.3) is 0 Å². The van der Waals surface area contributed by atoms with Crippen molar-refractivity contribution in [1.29, 1.82) is 0 Å². The highest BCUT2D eigenvalue weighted by atomic mass is 35.5. The van der Waals surface area contributed by atoms with Crippen LogP contribution in [0.2, 0.25) is 5.02 Å². The van der Waals surface area contributed by atoms with Gasteiger partial charge in [-0.05, 0) is 52.3 Å². The van der Waals surface area contributed by atoms with E-state index < -0.39 is 11.7 Å². The van der Waals surface area contributed by atoms with Crippen LogP contribution in [0.1, 0.15) is 39.2 Å². The van der Waals surface area contributed by atoms with Crippen LogP contribution < -0.4 is 5.32 Å². The van der Waals surface area contributed by atoms with Crippen LogP contribution in [0.15, 0.2) is 18.2 Å². The standard InChI is InChI=1S/C17H25ClN2O3/c1-17(2,3)23-16(22)19-15-8-4-7-14(18)13(15)11-20-9-5-6-12(21)10-20/h4,7-8,12,21H,5-6,9-11H2,1-3H3,(H,19,22). The van der Waals surface area contributed by atoms with E-state index in [4.69, 9.17) is 16.3 Å². The molecule has 1 amide bonds. The van der Waals surface area contributed by atoms with Gasteiger partial charge in [0.1, 0.15) is 5.60 Å². The van der Waals surface area contributed by atoms with E-state index in [1.165, 1.54) is 0 Å². The van der Waals surface area contributed by atoms with Gasteiger partial charge in [0.05, 0.1) is 6.10 Å². The molecule has 1 saturated heterocycles. The molecule has 1 aliphatic heterocycles. The maximum absolute atomic E-state index is 12.0. The molecule has 128 valence electrons. The predicted octanol–water partition coefficient (Wildman–Crippen LogP) is 3.64. The summed E-state index contributed by atoms with van der Waals surface area (Å²) in [6.45, 7) is 7.58. The van der Waals surface area contributed by atoms with Crippen molar-refractivity contribution in [2.24, 2.45) is 0 Å². The van der Waals surface area contributed by atoms with Gasteiger partial charge in [-0.15, -0.1) is 0 Å². The third-order valence-electron chi connectivity index (χ3n) is 3.62. The van der Waals surface area contributed by atoms with Gasteiger partial charge in [0.25, 0.3) is 0 Å². The molecule has 1 aliphatic rings. The molecule has 2 N–H and O–H groups in total. The normalized spacial score (nSPS) is 19.4. The molecule has 5 nitrogen and oxygen atoms in total. The predicted molar refractivity (Wildman–Crippen MR) is 91.8 cm³/mol. The smallest absolute Gasteiger partial charge is 0.412 e. The van der Waals surface area contributed by atoms with Crippen molar-refractivity contribution in [1.82, 2.24) is 4.90 Å². The summed E-state index contributed by atoms with van der Waals surface area (Å²) in [5.41, 5.74) is 0.931. The summed E-state index contributed by atoms with van der Waals surface area (Å²) in [5.74, 6) is 0. The molecule has 0 spiro atoms. The Morgan fingerprint density at radius 2 is 2.22 bits per heavy atom. The van der Waals surface area contributed by atoms with Crippen LogP contribution in [-0.2, 0) is 11.3 Å². The Balaban J connectivity index is 2.11. The van der Waals surface area contributed by atoms with E-state index in [9.17, 15) is 9.90 Å². The first kappa shape index (κ1) is 18.0. The van der Waals surface area contributed by atoms with E-state index in [1.807, 2.05) is 26.8 Å². The number of halogens is 1. The summed E-state index contributed by atoms with van der Waals surface area (Å²) in [6, 6.07) is 5.41. The quantitative estimate of drug-likeness (QED) is 0.881. The summed E-state index contributed by atoms with van der Waals surface area (Å²) < 4.78 is 5.30. The Hall–Kier alpha value is -1.30. The van der Waals surface area contributed by atoms with Gasteiger partial charge in [0.2, 0.25) is 0 Å². The minimum absolute atomic E-state index is 0.298. The number of anilines is 1. The van der Waals surface area contributed by atoms with E-state index in [0.717, 1.165) is 24.9 Å². The number of nitrogens with zero attached hydrogens (tertiary/aromatic N) is 1. The van der Waals surface area contributed by atoms with Crippen molar-refractivity contribution in [3.63, 3.8) is 0 Å². The fourth-order valence-corrected chi connectivity index (χ4v) is 2.88. The minimum Gasteiger partial charge on any atom is -0.444 e. The Morgan fingerprint density at radius 1 is 1.48 bits per heavy atom. The third kappa shape index (κ3) is 5.68. The minimum atomic E-state index is -0.556. The van der Waals surface area contributed by atoms with Crippen LogP contribution in [0.3, 0.4) is 0 Å². The molecule has 1 atom stereocenters. The highest BCUT2D eigenvalue weighted by Crippen LogP contribution is 2.27. The van der Waals surface area contributed by atoms with Crippen molar-refractivity contribution in [3.8, 4) is 0 Å². The summed E-state index contributed by atoms with van der Waals surface area (Å²) in [7, 11) is 0. The molecule has 0 saturated carbocycles. The van der Waals surface area contributed by atoms with Crippen molar-refractivity contribution >= 4 is 23.4 Å². The Morgan fingerprint density at radius 3 is 2.87 bits per heavy atom. The van der Waals surface area contributed by atoms with E-state index in [-0.39, 0.29) is 6.10 Å². The zero-order chi connectivity index (χ0) is 17.0. The van der Waals surface area contributed by atoms with Gasteiger partial charge in [0.15, 0.2) is 0 Å². The first-order valence-corrected chi connectivity index (χ1v) is 8.30. The fourth-order valence-electron chi connectivity index (χ4n) is 2.65. The number of hydrogen-bond donors (Lipinski definition) is 2. The summed E-state index contributed by atoms with van der Waals surface area (Å²) in [5, 5.41) is 13.2. The van der Waals surface area contributed by atoms with E-state index in [0.29, 0.717) is 23.8 Å². The van der Waals surface area contributed by atoms with E-state index in [2.05, 4.69) is 10.2 Å². The number of carbonyl (C=O) groups excluding carboxylic acids is 1. The van der Waals surface area contributed by atoms with Gasteiger partial charge in [-0.1, -0.05) is 17.7 Å². The molecule has 1 fully saturated rings. The second-order valence-corrected chi connectivity index (χ2v) is 7.33. The zero-order valence-corrected chi connectivity index (χ0v) is 14.7. The largest absolute Gasteiger partial charge is 0.444 e. The number of benzene rings is 1. The van der Waals surface area contributed by atoms with E-state index in [1.54, 1.807) is 12.1 Å². The molecule has 0 bridgehead atoms. The van der Waals surface area contributed by atoms with Crippen molar-refractivity contribution < 1.29 is 14.6 Å². The molecular weight excluding hydrogens is 316 g/mol. The number of aliphatic hydroxyl groups is 1. The van der Waals surface area contributed by atoms with Gasteiger partial charge in [-0.2, -0.15) is 0 Å². The molecule has 0 aliphatic carbocycles. The highest BCUT2D eigenvalue weighted by molar-refractivity contribution is 6.31. The number of piperidine rings is 1. The number of rotatable bonds is 3. The topological polar surface area (TPSA) is 61.8 Å². The molecule has 2 rings (SSSR count). The molecule has 6 heteroatoms. The van der Waals surface area contributed by atoms with Gasteiger partial charge in [0, 0.05) is 29.4 Å². The number of hydrogen-bond acceptors (Lipinski definition) is 4. The fraction of sp³-hybridized carbons (Fsp3) is 0.588. The van der Waals surface area contributed by atoms with E-state index >= 15 is 0 Å². The molecule has 1 unspecified atom stereocenters. The first-order valence-electron chi connectivity index (χ1n) is 7.92. The monoisotopic (exact) mass is 340 g/mol. The average Bonchev–Trinajstić information content (AvgIpc) is 2.40. The maximum atomic E-state index is 12.0. The highest BCUT2D eigenvalue weighted by Gasteiger charge is 2.21. The number of aliphatic hydroxyl groups excluding tert-OH is 1. The average molecular weight is 341 g/mol. The SMILES string of the molecule is CC(C)(C)OC(=O)Nc1cccc(Cl)c1CN1CCCC(O)C1. The molecule has 0 radical (unpaired) electrons. The summed E-state index contributed by atoms with van der Waals surface area (Å²) >= 11 is 6.32. The molecule has 1 heterocycles. The van der Waals surface area contributed by atoms with Crippen LogP contribution in [0, 0.1) is 0 Å². The molecular formula is C17H25ClN2O3. The van der Waals surface area contributed by atoms with Crippen LogP contribution in [0.4, 0.5) is 10.5 Å². The van der Waals surface area contributed by atoms with Crippen molar-refractivity contribution in [3.05, 3.63) is 28.8 Å². The van der Waals surface area contributed by atoms with Gasteiger partial charge < -0.3 is 9.84 Å². The summed E-state index contributed by atoms with van der Waals surface area (Å²) in [6.07, 6.45) is 0.996. The number of carbonyl (C=O) groups is 1. The van der Waals surface area contributed by atoms with Gasteiger partial charge in [-0.3, -0.25) is 10.2 Å². The number of ether oxygens (including phenoxy) is 1.